The minimum atomic E-state index is -0.509. The van der Waals surface area contributed by atoms with Gasteiger partial charge in [-0.2, -0.15) is 0 Å². The Morgan fingerprint density at radius 1 is 1.54 bits per heavy atom. The third kappa shape index (κ3) is 3.95. The molecule has 0 radical (unpaired) electrons. The van der Waals surface area contributed by atoms with Crippen LogP contribution >= 0.6 is 11.3 Å². The van der Waals surface area contributed by atoms with Crippen LogP contribution in [0.5, 0.6) is 0 Å². The van der Waals surface area contributed by atoms with Crippen molar-refractivity contribution in [2.24, 2.45) is 0 Å². The van der Waals surface area contributed by atoms with E-state index in [4.69, 9.17) is 4.74 Å². The summed E-state index contributed by atoms with van der Waals surface area (Å²) in [4.78, 5) is 18.9. The Kier molecular flexibility index (Phi) is 5.50. The van der Waals surface area contributed by atoms with Gasteiger partial charge in [-0.05, 0) is 37.8 Å². The maximum absolute atomic E-state index is 12.6. The number of aliphatic hydroxyl groups is 1. The number of hydrogen-bond donors (Lipinski definition) is 2. The van der Waals surface area contributed by atoms with Crippen LogP contribution in [0.4, 0.5) is 0 Å². The Morgan fingerprint density at radius 2 is 2.38 bits per heavy atom. The lowest BCUT2D eigenvalue weighted by Crippen LogP contribution is -2.48. The molecule has 2 atom stereocenters. The Hall–Kier alpha value is -1.47. The lowest BCUT2D eigenvalue weighted by molar-refractivity contribution is -0.0227. The smallest absolute Gasteiger partial charge is 0.178 e. The summed E-state index contributed by atoms with van der Waals surface area (Å²) in [6.07, 6.45) is 0.0735. The quantitative estimate of drug-likeness (QED) is 0.788. The van der Waals surface area contributed by atoms with Gasteiger partial charge >= 0.3 is 0 Å². The molecule has 3 rings (SSSR count). The third-order valence-electron chi connectivity index (χ3n) is 4.51. The molecule has 0 amide bonds. The monoisotopic (exact) mass is 348 g/mol. The zero-order chi connectivity index (χ0) is 17.1. The van der Waals surface area contributed by atoms with Crippen LogP contribution in [-0.4, -0.2) is 53.1 Å². The van der Waals surface area contributed by atoms with Crippen LogP contribution in [0.3, 0.4) is 0 Å². The van der Waals surface area contributed by atoms with Gasteiger partial charge < -0.3 is 14.8 Å². The fourth-order valence-corrected chi connectivity index (χ4v) is 3.98. The van der Waals surface area contributed by atoms with Crippen molar-refractivity contribution < 1.29 is 14.6 Å². The molecule has 6 heteroatoms. The summed E-state index contributed by atoms with van der Waals surface area (Å²) in [5.74, 6) is 0.120. The highest BCUT2D eigenvalue weighted by atomic mass is 32.1. The van der Waals surface area contributed by atoms with Crippen molar-refractivity contribution in [3.05, 3.63) is 45.4 Å². The Bertz CT molecular complexity index is 681. The van der Waals surface area contributed by atoms with Crippen molar-refractivity contribution in [1.82, 2.24) is 9.88 Å². The van der Waals surface area contributed by atoms with E-state index in [0.717, 1.165) is 28.4 Å². The SMILES string of the molecule is Cc1cc(C(=O)CN2CCOCC2CC(O)c2cccs2)c(C)[nH]1. The van der Waals surface area contributed by atoms with Gasteiger partial charge in [0.25, 0.3) is 0 Å². The topological polar surface area (TPSA) is 65.6 Å². The van der Waals surface area contributed by atoms with E-state index in [-0.39, 0.29) is 11.8 Å². The number of morpholine rings is 1. The lowest BCUT2D eigenvalue weighted by atomic mass is 10.0. The molecule has 1 aliphatic heterocycles. The molecule has 5 nitrogen and oxygen atoms in total. The second kappa shape index (κ2) is 7.61. The molecule has 0 aromatic carbocycles. The average Bonchev–Trinajstić information content (AvgIpc) is 3.18. The fourth-order valence-electron chi connectivity index (χ4n) is 3.25. The predicted octanol–water partition coefficient (Wildman–Crippen LogP) is 2.70. The number of nitrogens with one attached hydrogen (secondary N) is 1. The molecule has 2 aromatic heterocycles. The van der Waals surface area contributed by atoms with Crippen LogP contribution in [0.1, 0.15) is 39.1 Å². The molecular weight excluding hydrogens is 324 g/mol. The zero-order valence-corrected chi connectivity index (χ0v) is 14.9. The van der Waals surface area contributed by atoms with Gasteiger partial charge in [0.05, 0.1) is 25.9 Å². The summed E-state index contributed by atoms with van der Waals surface area (Å²) in [6, 6.07) is 5.85. The number of nitrogens with zero attached hydrogens (tertiary/aromatic N) is 1. The summed E-state index contributed by atoms with van der Waals surface area (Å²) in [5, 5.41) is 12.4. The standard InChI is InChI=1S/C18H24N2O3S/c1-12-8-15(13(2)19-12)17(22)10-20-5-6-23-11-14(20)9-16(21)18-4-3-7-24-18/h3-4,7-8,14,16,19,21H,5-6,9-11H2,1-2H3. The summed E-state index contributed by atoms with van der Waals surface area (Å²) in [5.41, 5.74) is 2.68. The number of H-pyrrole nitrogens is 1. The Morgan fingerprint density at radius 3 is 3.04 bits per heavy atom. The number of aryl methyl sites for hydroxylation is 2. The molecule has 1 saturated heterocycles. The second-order valence-corrected chi connectivity index (χ2v) is 7.36. The first-order chi connectivity index (χ1) is 11.5. The summed E-state index contributed by atoms with van der Waals surface area (Å²) >= 11 is 1.56. The van der Waals surface area contributed by atoms with Gasteiger partial charge in [-0.3, -0.25) is 9.69 Å². The number of rotatable bonds is 6. The average molecular weight is 348 g/mol. The van der Waals surface area contributed by atoms with E-state index >= 15 is 0 Å². The van der Waals surface area contributed by atoms with Crippen LogP contribution in [0.15, 0.2) is 23.6 Å². The number of thiophene rings is 1. The lowest BCUT2D eigenvalue weighted by Gasteiger charge is -2.36. The molecule has 0 saturated carbocycles. The molecule has 1 aliphatic rings. The van der Waals surface area contributed by atoms with Gasteiger partial charge in [-0.25, -0.2) is 0 Å². The van der Waals surface area contributed by atoms with Gasteiger partial charge in [0.15, 0.2) is 5.78 Å². The molecule has 130 valence electrons. The van der Waals surface area contributed by atoms with Crippen molar-refractivity contribution >= 4 is 17.1 Å². The largest absolute Gasteiger partial charge is 0.388 e. The van der Waals surface area contributed by atoms with Gasteiger partial charge in [0.2, 0.25) is 0 Å². The Balaban J connectivity index is 1.66. The minimum absolute atomic E-state index is 0.0557. The third-order valence-corrected chi connectivity index (χ3v) is 5.49. The number of ether oxygens (including phenoxy) is 1. The van der Waals surface area contributed by atoms with Crippen LogP contribution in [0.25, 0.3) is 0 Å². The van der Waals surface area contributed by atoms with Crippen LogP contribution in [0.2, 0.25) is 0 Å². The maximum Gasteiger partial charge on any atom is 0.178 e. The van der Waals surface area contributed by atoms with E-state index < -0.39 is 6.10 Å². The summed E-state index contributed by atoms with van der Waals surface area (Å²) < 4.78 is 5.58. The van der Waals surface area contributed by atoms with Gasteiger partial charge in [-0.1, -0.05) is 6.07 Å². The number of Topliss-reactive ketones (excluding diaryl/α,β-unsaturated/α-hetero) is 1. The zero-order valence-electron chi connectivity index (χ0n) is 14.1. The minimum Gasteiger partial charge on any atom is -0.388 e. The van der Waals surface area contributed by atoms with Crippen molar-refractivity contribution in [2.75, 3.05) is 26.3 Å². The molecule has 2 N–H and O–H groups in total. The van der Waals surface area contributed by atoms with Crippen molar-refractivity contribution in [2.45, 2.75) is 32.4 Å². The van der Waals surface area contributed by atoms with Crippen LogP contribution in [-0.2, 0) is 4.74 Å². The highest BCUT2D eigenvalue weighted by molar-refractivity contribution is 7.10. The van der Waals surface area contributed by atoms with E-state index in [1.54, 1.807) is 11.3 Å². The molecule has 0 spiro atoms. The van der Waals surface area contributed by atoms with E-state index in [1.807, 2.05) is 37.4 Å². The highest BCUT2D eigenvalue weighted by Gasteiger charge is 2.28. The van der Waals surface area contributed by atoms with Gasteiger partial charge in [0, 0.05) is 34.4 Å². The van der Waals surface area contributed by atoms with Crippen molar-refractivity contribution in [3.8, 4) is 0 Å². The van der Waals surface area contributed by atoms with Gasteiger partial charge in [-0.15, -0.1) is 11.3 Å². The number of carbonyl (C=O) groups is 1. The number of carbonyl (C=O) groups excluding carboxylic acids is 1. The first kappa shape index (κ1) is 17.4. The van der Waals surface area contributed by atoms with Crippen molar-refractivity contribution in [1.29, 1.82) is 0 Å². The Labute approximate surface area is 146 Å². The molecular formula is C18H24N2O3S. The normalized spacial score (nSPS) is 20.2. The number of ketones is 1. The molecule has 3 heterocycles. The number of aliphatic hydroxyl groups excluding tert-OH is 1. The van der Waals surface area contributed by atoms with Gasteiger partial charge in [0.1, 0.15) is 0 Å². The molecule has 0 aliphatic carbocycles. The molecule has 2 unspecified atom stereocenters. The molecule has 0 bridgehead atoms. The first-order valence-electron chi connectivity index (χ1n) is 8.27. The van der Waals surface area contributed by atoms with Crippen LogP contribution < -0.4 is 0 Å². The van der Waals surface area contributed by atoms with Crippen molar-refractivity contribution in [3.63, 3.8) is 0 Å². The van der Waals surface area contributed by atoms with Crippen LogP contribution in [0, 0.1) is 13.8 Å². The summed E-state index contributed by atoms with van der Waals surface area (Å²) in [7, 11) is 0. The summed E-state index contributed by atoms with van der Waals surface area (Å²) in [6.45, 7) is 6.15. The number of hydrogen-bond acceptors (Lipinski definition) is 5. The maximum atomic E-state index is 12.6. The van der Waals surface area contributed by atoms with E-state index in [9.17, 15) is 9.90 Å². The molecule has 2 aromatic rings. The number of aromatic nitrogens is 1. The molecule has 24 heavy (non-hydrogen) atoms. The number of aromatic amines is 1. The van der Waals surface area contributed by atoms with E-state index in [0.29, 0.717) is 26.2 Å². The predicted molar refractivity (Wildman–Crippen MR) is 94.7 cm³/mol. The fraction of sp³-hybridized carbons (Fsp3) is 0.500. The molecule has 1 fully saturated rings. The second-order valence-electron chi connectivity index (χ2n) is 6.38. The first-order valence-corrected chi connectivity index (χ1v) is 9.15. The van der Waals surface area contributed by atoms with E-state index in [2.05, 4.69) is 9.88 Å². The highest BCUT2D eigenvalue weighted by Crippen LogP contribution is 2.26. The van der Waals surface area contributed by atoms with E-state index in [1.165, 1.54) is 0 Å².